The van der Waals surface area contributed by atoms with E-state index in [1.165, 1.54) is 22.6 Å². The molecule has 0 N–H and O–H groups in total. The Morgan fingerprint density at radius 1 is 1.16 bits per heavy atom. The number of halogens is 2. The van der Waals surface area contributed by atoms with Crippen LogP contribution in [0, 0.1) is 0 Å². The first-order valence-corrected chi connectivity index (χ1v) is 12.4. The van der Waals surface area contributed by atoms with Crippen molar-refractivity contribution in [1.82, 2.24) is 14.2 Å². The minimum atomic E-state index is -4.05. The smallest absolute Gasteiger partial charge is 0.327 e. The molecule has 1 aromatic heterocycles. The van der Waals surface area contributed by atoms with E-state index in [2.05, 4.69) is 4.98 Å². The average molecular weight is 488 g/mol. The Morgan fingerprint density at radius 2 is 1.84 bits per heavy atom. The van der Waals surface area contributed by atoms with Crippen molar-refractivity contribution in [3.8, 4) is 0 Å². The molecule has 0 atom stereocenters. The Hall–Kier alpha value is -1.45. The fourth-order valence-electron chi connectivity index (χ4n) is 4.08. The lowest BCUT2D eigenvalue weighted by Gasteiger charge is -2.38. The highest BCUT2D eigenvalue weighted by Gasteiger charge is 2.52. The molecule has 0 radical (unpaired) electrons. The summed E-state index contributed by atoms with van der Waals surface area (Å²) >= 11 is 12.4. The van der Waals surface area contributed by atoms with Crippen LogP contribution in [0.1, 0.15) is 32.6 Å². The van der Waals surface area contributed by atoms with Crippen molar-refractivity contribution in [3.05, 3.63) is 34.6 Å². The van der Waals surface area contributed by atoms with Gasteiger partial charge < -0.3 is 9.64 Å². The third-order valence-electron chi connectivity index (χ3n) is 5.66. The van der Waals surface area contributed by atoms with Gasteiger partial charge in [0, 0.05) is 30.1 Å². The molecule has 0 aliphatic heterocycles. The Bertz CT molecular complexity index is 1070. The van der Waals surface area contributed by atoms with Gasteiger partial charge in [0.15, 0.2) is 0 Å². The van der Waals surface area contributed by atoms with E-state index < -0.39 is 21.5 Å². The number of rotatable bonds is 8. The summed E-state index contributed by atoms with van der Waals surface area (Å²) in [6, 6.07) is 4.59. The van der Waals surface area contributed by atoms with Gasteiger partial charge in [0.1, 0.15) is 10.7 Å². The first-order chi connectivity index (χ1) is 14.6. The van der Waals surface area contributed by atoms with Crippen LogP contribution in [0.5, 0.6) is 0 Å². The standard InChI is InChI=1S/C21H27Cl2N3O4S/c1-4-30-20(27)21(9-5-6-10-21)26(12-11-25(2)3)31(28,29)15-7-8-16-17(13-15)19(23)24-14-18(16)22/h7-8,13-14H,4-6,9-12H2,1-3H3. The minimum Gasteiger partial charge on any atom is -0.465 e. The van der Waals surface area contributed by atoms with E-state index >= 15 is 0 Å². The van der Waals surface area contributed by atoms with Gasteiger partial charge in [-0.2, -0.15) is 4.31 Å². The topological polar surface area (TPSA) is 79.8 Å². The molecule has 1 aromatic carbocycles. The molecule has 0 amide bonds. The lowest BCUT2D eigenvalue weighted by Crippen LogP contribution is -2.57. The predicted octanol–water partition coefficient (Wildman–Crippen LogP) is 3.97. The van der Waals surface area contributed by atoms with Crippen LogP contribution < -0.4 is 0 Å². The molecular weight excluding hydrogens is 461 g/mol. The second-order valence-electron chi connectivity index (χ2n) is 7.94. The van der Waals surface area contributed by atoms with E-state index in [-0.39, 0.29) is 23.2 Å². The van der Waals surface area contributed by atoms with Crippen LogP contribution in [0.25, 0.3) is 10.8 Å². The number of aromatic nitrogens is 1. The van der Waals surface area contributed by atoms with Crippen molar-refractivity contribution >= 4 is 50.0 Å². The number of ether oxygens (including phenoxy) is 1. The summed E-state index contributed by atoms with van der Waals surface area (Å²) in [5, 5.41) is 1.60. The van der Waals surface area contributed by atoms with Crippen LogP contribution in [0.2, 0.25) is 10.2 Å². The van der Waals surface area contributed by atoms with E-state index in [1.807, 2.05) is 19.0 Å². The first-order valence-electron chi connectivity index (χ1n) is 10.2. The number of sulfonamides is 1. The SMILES string of the molecule is CCOC(=O)C1(N(CCN(C)C)S(=O)(=O)c2ccc3c(Cl)cnc(Cl)c3c2)CCCC1. The molecule has 2 aromatic rings. The van der Waals surface area contributed by atoms with E-state index in [4.69, 9.17) is 27.9 Å². The van der Waals surface area contributed by atoms with E-state index in [1.54, 1.807) is 13.0 Å². The van der Waals surface area contributed by atoms with E-state index in [0.717, 1.165) is 12.8 Å². The molecule has 0 saturated heterocycles. The molecule has 1 saturated carbocycles. The Kier molecular flexibility index (Phi) is 7.48. The number of benzene rings is 1. The fraction of sp³-hybridized carbons (Fsp3) is 0.524. The second kappa shape index (κ2) is 9.58. The highest BCUT2D eigenvalue weighted by molar-refractivity contribution is 7.89. The number of carbonyl (C=O) groups excluding carboxylic acids is 1. The molecule has 0 unspecified atom stereocenters. The molecule has 3 rings (SSSR count). The van der Waals surface area contributed by atoms with Crippen LogP contribution in [-0.4, -0.2) is 67.9 Å². The molecule has 10 heteroatoms. The van der Waals surface area contributed by atoms with Gasteiger partial charge in [0.25, 0.3) is 0 Å². The van der Waals surface area contributed by atoms with Crippen LogP contribution in [-0.2, 0) is 19.6 Å². The number of esters is 1. The summed E-state index contributed by atoms with van der Waals surface area (Å²) < 4.78 is 34.5. The minimum absolute atomic E-state index is 0.0419. The van der Waals surface area contributed by atoms with Gasteiger partial charge >= 0.3 is 5.97 Å². The third-order valence-corrected chi connectivity index (χ3v) is 8.23. The monoisotopic (exact) mass is 487 g/mol. The number of likely N-dealkylation sites (N-methyl/N-ethyl adjacent to an activating group) is 1. The van der Waals surface area contributed by atoms with Gasteiger partial charge in [-0.3, -0.25) is 4.79 Å². The fourth-order valence-corrected chi connectivity index (χ4v) is 6.30. The second-order valence-corrected chi connectivity index (χ2v) is 10.6. The van der Waals surface area contributed by atoms with Gasteiger partial charge in [-0.05, 0) is 46.0 Å². The summed E-state index contributed by atoms with van der Waals surface area (Å²) in [6.45, 7) is 2.54. The molecule has 0 spiro atoms. The van der Waals surface area contributed by atoms with Crippen molar-refractivity contribution in [3.63, 3.8) is 0 Å². The molecule has 7 nitrogen and oxygen atoms in total. The molecule has 0 bridgehead atoms. The maximum absolute atomic E-state index is 13.9. The summed E-state index contributed by atoms with van der Waals surface area (Å²) in [7, 11) is -0.325. The highest BCUT2D eigenvalue weighted by atomic mass is 35.5. The number of hydrogen-bond acceptors (Lipinski definition) is 6. The first kappa shape index (κ1) is 24.2. The van der Waals surface area contributed by atoms with Crippen LogP contribution in [0.4, 0.5) is 0 Å². The Balaban J connectivity index is 2.15. The van der Waals surface area contributed by atoms with Gasteiger partial charge in [-0.15, -0.1) is 0 Å². The van der Waals surface area contributed by atoms with Crippen LogP contribution in [0.15, 0.2) is 29.3 Å². The lowest BCUT2D eigenvalue weighted by atomic mass is 9.97. The van der Waals surface area contributed by atoms with Crippen molar-refractivity contribution < 1.29 is 17.9 Å². The van der Waals surface area contributed by atoms with E-state index in [0.29, 0.717) is 35.2 Å². The predicted molar refractivity (Wildman–Crippen MR) is 122 cm³/mol. The van der Waals surface area contributed by atoms with Crippen molar-refractivity contribution in [2.75, 3.05) is 33.8 Å². The number of pyridine rings is 1. The maximum atomic E-state index is 13.9. The van der Waals surface area contributed by atoms with Crippen LogP contribution >= 0.6 is 23.2 Å². The van der Waals surface area contributed by atoms with Gasteiger partial charge in [0.05, 0.1) is 16.5 Å². The summed E-state index contributed by atoms with van der Waals surface area (Å²) in [4.78, 5) is 19.0. The van der Waals surface area contributed by atoms with E-state index in [9.17, 15) is 13.2 Å². The number of nitrogens with zero attached hydrogens (tertiary/aromatic N) is 3. The normalized spacial score (nSPS) is 16.4. The number of fused-ring (bicyclic) bond motifs is 1. The van der Waals surface area contributed by atoms with Gasteiger partial charge in [0.2, 0.25) is 10.0 Å². The Morgan fingerprint density at radius 3 is 2.45 bits per heavy atom. The number of hydrogen-bond donors (Lipinski definition) is 0. The molecular formula is C21H27Cl2N3O4S. The maximum Gasteiger partial charge on any atom is 0.327 e. The number of carbonyl (C=O) groups is 1. The zero-order chi connectivity index (χ0) is 22.8. The zero-order valence-electron chi connectivity index (χ0n) is 17.9. The van der Waals surface area contributed by atoms with Gasteiger partial charge in [-0.1, -0.05) is 42.1 Å². The molecule has 1 aliphatic carbocycles. The van der Waals surface area contributed by atoms with Gasteiger partial charge in [-0.25, -0.2) is 13.4 Å². The molecule has 170 valence electrons. The summed E-state index contributed by atoms with van der Waals surface area (Å²) in [5.74, 6) is -0.488. The molecule has 31 heavy (non-hydrogen) atoms. The highest BCUT2D eigenvalue weighted by Crippen LogP contribution is 2.40. The average Bonchev–Trinajstić information content (AvgIpc) is 3.21. The lowest BCUT2D eigenvalue weighted by molar-refractivity contribution is -0.154. The summed E-state index contributed by atoms with van der Waals surface area (Å²) in [6.07, 6.45) is 3.81. The molecule has 1 fully saturated rings. The quantitative estimate of drug-likeness (QED) is 0.413. The zero-order valence-corrected chi connectivity index (χ0v) is 20.2. The van der Waals surface area contributed by atoms with Crippen molar-refractivity contribution in [1.29, 1.82) is 0 Å². The Labute approximate surface area is 193 Å². The molecule has 1 aliphatic rings. The largest absolute Gasteiger partial charge is 0.465 e. The van der Waals surface area contributed by atoms with Crippen molar-refractivity contribution in [2.45, 2.75) is 43.0 Å². The third kappa shape index (κ3) is 4.68. The van der Waals surface area contributed by atoms with Crippen molar-refractivity contribution in [2.24, 2.45) is 0 Å². The summed E-state index contributed by atoms with van der Waals surface area (Å²) in [5.41, 5.74) is -1.21. The molecule has 1 heterocycles. The van der Waals surface area contributed by atoms with Crippen LogP contribution in [0.3, 0.4) is 0 Å².